The molecule has 0 fully saturated rings. The monoisotopic (exact) mass is 314 g/mol. The maximum atomic E-state index is 12.4. The number of hydrogen-bond donors (Lipinski definition) is 2. The summed E-state index contributed by atoms with van der Waals surface area (Å²) in [5, 5.41) is 2.43. The first-order valence-corrected chi connectivity index (χ1v) is 7.57. The highest BCUT2D eigenvalue weighted by atomic mass is 32.2. The molecule has 0 aromatic heterocycles. The molecule has 0 spiro atoms. The Morgan fingerprint density at radius 3 is 2.29 bits per heavy atom. The lowest BCUT2D eigenvalue weighted by Gasteiger charge is -2.23. The molecule has 0 aliphatic heterocycles. The summed E-state index contributed by atoms with van der Waals surface area (Å²) in [4.78, 5) is 22.6. The number of carbonyl (C=O) groups excluding carboxylic acids is 2. The van der Waals surface area contributed by atoms with E-state index in [-0.39, 0.29) is 10.6 Å². The van der Waals surface area contributed by atoms with E-state index < -0.39 is 27.4 Å². The maximum absolute atomic E-state index is 12.4. The summed E-state index contributed by atoms with van der Waals surface area (Å²) in [5.74, 6) is -1.12. The molecule has 0 heterocycles. The van der Waals surface area contributed by atoms with Gasteiger partial charge in [-0.15, -0.1) is 0 Å². The molecule has 0 aliphatic carbocycles. The van der Waals surface area contributed by atoms with Crippen LogP contribution < -0.4 is 10.0 Å². The average molecular weight is 314 g/mol. The van der Waals surface area contributed by atoms with Gasteiger partial charge in [0.25, 0.3) is 0 Å². The minimum atomic E-state index is -4.01. The summed E-state index contributed by atoms with van der Waals surface area (Å²) >= 11 is 0. The van der Waals surface area contributed by atoms with E-state index in [9.17, 15) is 18.0 Å². The molecule has 8 heteroatoms. The molecule has 0 radical (unpaired) electrons. The minimum absolute atomic E-state index is 0.128. The number of methoxy groups -OCH3 is 1. The van der Waals surface area contributed by atoms with Gasteiger partial charge >= 0.3 is 5.97 Å². The highest BCUT2D eigenvalue weighted by Crippen LogP contribution is 2.22. The van der Waals surface area contributed by atoms with Gasteiger partial charge in [-0.3, -0.25) is 9.59 Å². The second-order valence-electron chi connectivity index (χ2n) is 4.90. The number of rotatable bonds is 5. The van der Waals surface area contributed by atoms with Crippen LogP contribution in [0.4, 0.5) is 5.69 Å². The van der Waals surface area contributed by atoms with Crippen molar-refractivity contribution in [3.8, 4) is 0 Å². The fourth-order valence-corrected chi connectivity index (χ4v) is 3.21. The summed E-state index contributed by atoms with van der Waals surface area (Å²) in [6.07, 6.45) is 0. The van der Waals surface area contributed by atoms with Gasteiger partial charge in [-0.05, 0) is 26.0 Å². The van der Waals surface area contributed by atoms with Crippen LogP contribution in [0.1, 0.15) is 20.8 Å². The van der Waals surface area contributed by atoms with Crippen LogP contribution in [0.25, 0.3) is 0 Å². The van der Waals surface area contributed by atoms with Gasteiger partial charge in [-0.2, -0.15) is 4.72 Å². The van der Waals surface area contributed by atoms with Crippen LogP contribution in [0, 0.1) is 0 Å². The molecule has 0 saturated carbocycles. The highest BCUT2D eigenvalue weighted by Gasteiger charge is 2.35. The Hall–Kier alpha value is -1.93. The zero-order chi connectivity index (χ0) is 16.3. The molecule has 7 nitrogen and oxygen atoms in total. The van der Waals surface area contributed by atoms with Gasteiger partial charge in [-0.25, -0.2) is 8.42 Å². The average Bonchev–Trinajstić information content (AvgIpc) is 2.36. The van der Waals surface area contributed by atoms with E-state index in [2.05, 4.69) is 14.8 Å². The van der Waals surface area contributed by atoms with E-state index >= 15 is 0 Å². The fraction of sp³-hybridized carbons (Fsp3) is 0.385. The normalized spacial score (nSPS) is 11.8. The molecule has 0 atom stereocenters. The van der Waals surface area contributed by atoms with E-state index in [4.69, 9.17) is 0 Å². The van der Waals surface area contributed by atoms with Crippen LogP contribution >= 0.6 is 0 Å². The standard InChI is InChI=1S/C13H18N2O5S/c1-9(16)14-10-7-5-6-8-11(10)21(18,19)15-13(2,3)12(17)20-4/h5-8,15H,1-4H3,(H,14,16). The van der Waals surface area contributed by atoms with Gasteiger partial charge < -0.3 is 10.1 Å². The summed E-state index contributed by atoms with van der Waals surface area (Å²) in [6.45, 7) is 4.05. The van der Waals surface area contributed by atoms with Crippen molar-refractivity contribution < 1.29 is 22.7 Å². The lowest BCUT2D eigenvalue weighted by molar-refractivity contribution is -0.146. The third-order valence-corrected chi connectivity index (χ3v) is 4.29. The van der Waals surface area contributed by atoms with Crippen LogP contribution in [-0.4, -0.2) is 32.9 Å². The quantitative estimate of drug-likeness (QED) is 0.785. The lowest BCUT2D eigenvalue weighted by atomic mass is 10.1. The fourth-order valence-electron chi connectivity index (χ4n) is 1.68. The molecule has 0 aliphatic rings. The molecule has 21 heavy (non-hydrogen) atoms. The van der Waals surface area contributed by atoms with Gasteiger partial charge in [0.1, 0.15) is 10.4 Å². The van der Waals surface area contributed by atoms with Crippen molar-refractivity contribution in [1.29, 1.82) is 0 Å². The Bertz CT molecular complexity index is 652. The van der Waals surface area contributed by atoms with Crippen LogP contribution in [-0.2, 0) is 24.3 Å². The van der Waals surface area contributed by atoms with Crippen LogP contribution in [0.5, 0.6) is 0 Å². The number of amides is 1. The topological polar surface area (TPSA) is 102 Å². The zero-order valence-corrected chi connectivity index (χ0v) is 13.1. The number of sulfonamides is 1. The predicted molar refractivity (Wildman–Crippen MR) is 77.2 cm³/mol. The third-order valence-electron chi connectivity index (χ3n) is 2.57. The second kappa shape index (κ2) is 6.23. The summed E-state index contributed by atoms with van der Waals surface area (Å²) in [6, 6.07) is 5.91. The Kier molecular flexibility index (Phi) is 5.08. The van der Waals surface area contributed by atoms with Gasteiger partial charge in [0.2, 0.25) is 15.9 Å². The van der Waals surface area contributed by atoms with Crippen molar-refractivity contribution in [2.24, 2.45) is 0 Å². The summed E-state index contributed by atoms with van der Waals surface area (Å²) in [7, 11) is -2.84. The Morgan fingerprint density at radius 1 is 1.19 bits per heavy atom. The Labute approximate surface area is 123 Å². The van der Waals surface area contributed by atoms with Crippen molar-refractivity contribution in [2.45, 2.75) is 31.2 Å². The minimum Gasteiger partial charge on any atom is -0.468 e. The third kappa shape index (κ3) is 4.27. The van der Waals surface area contributed by atoms with Gasteiger partial charge in [0.15, 0.2) is 0 Å². The molecule has 1 amide bonds. The number of hydrogen-bond acceptors (Lipinski definition) is 5. The molecule has 1 aromatic rings. The smallest absolute Gasteiger partial charge is 0.326 e. The summed E-state index contributed by atoms with van der Waals surface area (Å²) in [5.41, 5.74) is -1.30. The lowest BCUT2D eigenvalue weighted by Crippen LogP contribution is -2.50. The number of carbonyl (C=O) groups is 2. The van der Waals surface area contributed by atoms with Crippen molar-refractivity contribution >= 4 is 27.6 Å². The summed E-state index contributed by atoms with van der Waals surface area (Å²) < 4.78 is 31.6. The van der Waals surface area contributed by atoms with E-state index in [1.807, 2.05) is 0 Å². The van der Waals surface area contributed by atoms with Crippen molar-refractivity contribution in [2.75, 3.05) is 12.4 Å². The predicted octanol–water partition coefficient (Wildman–Crippen LogP) is 0.875. The molecule has 0 bridgehead atoms. The maximum Gasteiger partial charge on any atom is 0.326 e. The molecule has 2 N–H and O–H groups in total. The largest absolute Gasteiger partial charge is 0.468 e. The van der Waals surface area contributed by atoms with E-state index in [1.165, 1.54) is 46.1 Å². The molecule has 116 valence electrons. The number of para-hydroxylation sites is 1. The van der Waals surface area contributed by atoms with Gasteiger partial charge in [0, 0.05) is 6.92 Å². The number of benzene rings is 1. The van der Waals surface area contributed by atoms with Crippen LogP contribution in [0.15, 0.2) is 29.2 Å². The van der Waals surface area contributed by atoms with Crippen molar-refractivity contribution in [3.63, 3.8) is 0 Å². The molecule has 1 aromatic carbocycles. The number of anilines is 1. The van der Waals surface area contributed by atoms with Gasteiger partial charge in [0.05, 0.1) is 12.8 Å². The van der Waals surface area contributed by atoms with Crippen molar-refractivity contribution in [1.82, 2.24) is 4.72 Å². The first kappa shape index (κ1) is 17.1. The van der Waals surface area contributed by atoms with Crippen LogP contribution in [0.2, 0.25) is 0 Å². The van der Waals surface area contributed by atoms with Crippen LogP contribution in [0.3, 0.4) is 0 Å². The number of ether oxygens (including phenoxy) is 1. The highest BCUT2D eigenvalue weighted by molar-refractivity contribution is 7.89. The molecular formula is C13H18N2O5S. The first-order chi connectivity index (χ1) is 9.60. The SMILES string of the molecule is COC(=O)C(C)(C)NS(=O)(=O)c1ccccc1NC(C)=O. The van der Waals surface area contributed by atoms with Gasteiger partial charge in [-0.1, -0.05) is 12.1 Å². The molecule has 0 unspecified atom stereocenters. The zero-order valence-electron chi connectivity index (χ0n) is 12.3. The van der Waals surface area contributed by atoms with E-state index in [1.54, 1.807) is 6.07 Å². The van der Waals surface area contributed by atoms with E-state index in [0.29, 0.717) is 0 Å². The van der Waals surface area contributed by atoms with E-state index in [0.717, 1.165) is 0 Å². The molecule has 1 rings (SSSR count). The number of esters is 1. The van der Waals surface area contributed by atoms with Crippen molar-refractivity contribution in [3.05, 3.63) is 24.3 Å². The first-order valence-electron chi connectivity index (χ1n) is 6.09. The molecule has 0 saturated heterocycles. The number of nitrogens with one attached hydrogen (secondary N) is 2. The second-order valence-corrected chi connectivity index (χ2v) is 6.55. The Morgan fingerprint density at radius 2 is 1.76 bits per heavy atom. The Balaban J connectivity index is 3.20. The molecular weight excluding hydrogens is 296 g/mol.